The van der Waals surface area contributed by atoms with Crippen molar-refractivity contribution in [1.82, 2.24) is 14.8 Å². The van der Waals surface area contributed by atoms with E-state index in [4.69, 9.17) is 9.47 Å². The van der Waals surface area contributed by atoms with Crippen LogP contribution >= 0.6 is 23.1 Å². The van der Waals surface area contributed by atoms with Gasteiger partial charge in [-0.05, 0) is 48.9 Å². The zero-order valence-electron chi connectivity index (χ0n) is 19.7. The van der Waals surface area contributed by atoms with Crippen LogP contribution in [0.3, 0.4) is 0 Å². The number of benzene rings is 1. The number of aromatic nitrogens is 3. The molecular weight excluding hydrogens is 470 g/mol. The Labute approximate surface area is 207 Å². The summed E-state index contributed by atoms with van der Waals surface area (Å²) in [6, 6.07) is 7.85. The Morgan fingerprint density at radius 2 is 2.12 bits per heavy atom. The summed E-state index contributed by atoms with van der Waals surface area (Å²) in [5, 5.41) is 22.5. The SMILES string of the molecule is CCC1CCc2c(sc(NC(=O)CSc3nnc(-c4ccc(OC)c(OC)c4)n3C)c2C#N)C1. The molecule has 10 heteroatoms. The molecule has 3 aromatic rings. The summed E-state index contributed by atoms with van der Waals surface area (Å²) in [6.45, 7) is 2.21. The second kappa shape index (κ2) is 10.5. The van der Waals surface area contributed by atoms with E-state index in [0.29, 0.717) is 39.0 Å². The van der Waals surface area contributed by atoms with Crippen molar-refractivity contribution in [2.75, 3.05) is 25.3 Å². The highest BCUT2D eigenvalue weighted by Gasteiger charge is 2.26. The molecule has 1 aromatic carbocycles. The second-order valence-electron chi connectivity index (χ2n) is 8.11. The second-order valence-corrected chi connectivity index (χ2v) is 10.2. The van der Waals surface area contributed by atoms with E-state index in [2.05, 4.69) is 28.5 Å². The molecule has 0 radical (unpaired) electrons. The number of nitriles is 1. The number of methoxy groups -OCH3 is 2. The number of amides is 1. The maximum Gasteiger partial charge on any atom is 0.235 e. The smallest absolute Gasteiger partial charge is 0.235 e. The molecule has 1 aliphatic carbocycles. The Balaban J connectivity index is 1.44. The molecule has 0 saturated heterocycles. The van der Waals surface area contributed by atoms with Gasteiger partial charge in [0.1, 0.15) is 11.1 Å². The molecule has 1 amide bonds. The van der Waals surface area contributed by atoms with Crippen molar-refractivity contribution in [2.45, 2.75) is 37.8 Å². The molecule has 0 fully saturated rings. The van der Waals surface area contributed by atoms with Crippen molar-refractivity contribution < 1.29 is 14.3 Å². The quantitative estimate of drug-likeness (QED) is 0.451. The van der Waals surface area contributed by atoms with Gasteiger partial charge in [-0.1, -0.05) is 25.1 Å². The molecule has 0 saturated carbocycles. The molecule has 1 N–H and O–H groups in total. The first-order chi connectivity index (χ1) is 16.5. The van der Waals surface area contributed by atoms with Crippen LogP contribution in [0.1, 0.15) is 35.8 Å². The van der Waals surface area contributed by atoms with Gasteiger partial charge >= 0.3 is 0 Å². The van der Waals surface area contributed by atoms with Crippen molar-refractivity contribution in [3.8, 4) is 29.0 Å². The van der Waals surface area contributed by atoms with E-state index in [-0.39, 0.29) is 11.7 Å². The van der Waals surface area contributed by atoms with E-state index in [1.807, 2.05) is 29.8 Å². The third-order valence-corrected chi connectivity index (χ3v) is 8.31. The number of thiophene rings is 1. The molecule has 8 nitrogen and oxygen atoms in total. The minimum Gasteiger partial charge on any atom is -0.493 e. The molecule has 2 aromatic heterocycles. The van der Waals surface area contributed by atoms with Gasteiger partial charge in [0, 0.05) is 17.5 Å². The number of carbonyl (C=O) groups is 1. The van der Waals surface area contributed by atoms with Crippen LogP contribution in [0, 0.1) is 17.2 Å². The number of thioether (sulfide) groups is 1. The molecule has 34 heavy (non-hydrogen) atoms. The lowest BCUT2D eigenvalue weighted by Gasteiger charge is -2.20. The first kappa shape index (κ1) is 24.1. The first-order valence-electron chi connectivity index (χ1n) is 11.1. The Kier molecular flexibility index (Phi) is 7.44. The fraction of sp³-hybridized carbons (Fsp3) is 0.417. The van der Waals surface area contributed by atoms with Gasteiger partial charge in [-0.3, -0.25) is 4.79 Å². The summed E-state index contributed by atoms with van der Waals surface area (Å²) < 4.78 is 12.5. The van der Waals surface area contributed by atoms with Crippen LogP contribution in [-0.4, -0.2) is 40.6 Å². The monoisotopic (exact) mass is 497 g/mol. The lowest BCUT2D eigenvalue weighted by molar-refractivity contribution is -0.113. The number of ether oxygens (including phenoxy) is 2. The van der Waals surface area contributed by atoms with Gasteiger partial charge in [0.15, 0.2) is 22.5 Å². The molecule has 178 valence electrons. The summed E-state index contributed by atoms with van der Waals surface area (Å²) in [6.07, 6.45) is 4.15. The number of carbonyl (C=O) groups excluding carboxylic acids is 1. The van der Waals surface area contributed by atoms with Gasteiger partial charge in [0.2, 0.25) is 5.91 Å². The highest BCUT2D eigenvalue weighted by molar-refractivity contribution is 7.99. The summed E-state index contributed by atoms with van der Waals surface area (Å²) in [4.78, 5) is 13.9. The summed E-state index contributed by atoms with van der Waals surface area (Å²) in [7, 11) is 5.03. The molecule has 4 rings (SSSR count). The van der Waals surface area contributed by atoms with Crippen LogP contribution in [0.2, 0.25) is 0 Å². The summed E-state index contributed by atoms with van der Waals surface area (Å²) >= 11 is 2.85. The maximum absolute atomic E-state index is 12.7. The van der Waals surface area contributed by atoms with Crippen molar-refractivity contribution in [2.24, 2.45) is 13.0 Å². The summed E-state index contributed by atoms with van der Waals surface area (Å²) in [5.74, 6) is 2.57. The van der Waals surface area contributed by atoms with Gasteiger partial charge in [0.25, 0.3) is 0 Å². The lowest BCUT2D eigenvalue weighted by Crippen LogP contribution is -2.14. The number of nitrogens with zero attached hydrogens (tertiary/aromatic N) is 4. The zero-order chi connectivity index (χ0) is 24.2. The number of hydrogen-bond acceptors (Lipinski definition) is 8. The standard InChI is InChI=1S/C24H27N5O3S2/c1-5-14-6-8-16-17(12-25)23(34-20(16)10-14)26-21(30)13-33-24-28-27-22(29(24)2)15-7-9-18(31-3)19(11-15)32-4/h7,9,11,14H,5-6,8,10,13H2,1-4H3,(H,26,30). The van der Waals surface area contributed by atoms with Crippen molar-refractivity contribution in [3.63, 3.8) is 0 Å². The van der Waals surface area contributed by atoms with Gasteiger partial charge in [-0.25, -0.2) is 0 Å². The van der Waals surface area contributed by atoms with E-state index in [9.17, 15) is 10.1 Å². The Morgan fingerprint density at radius 1 is 1.32 bits per heavy atom. The largest absolute Gasteiger partial charge is 0.493 e. The van der Waals surface area contributed by atoms with Gasteiger partial charge in [-0.15, -0.1) is 21.5 Å². The van der Waals surface area contributed by atoms with Crippen molar-refractivity contribution in [3.05, 3.63) is 34.2 Å². The fourth-order valence-electron chi connectivity index (χ4n) is 4.17. The summed E-state index contributed by atoms with van der Waals surface area (Å²) in [5.41, 5.74) is 2.58. The molecule has 0 spiro atoms. The maximum atomic E-state index is 12.7. The third-order valence-electron chi connectivity index (χ3n) is 6.12. The van der Waals surface area contributed by atoms with E-state index in [1.54, 1.807) is 25.6 Å². The van der Waals surface area contributed by atoms with Crippen LogP contribution in [0.5, 0.6) is 11.5 Å². The predicted molar refractivity (Wildman–Crippen MR) is 134 cm³/mol. The van der Waals surface area contributed by atoms with Gasteiger partial charge in [-0.2, -0.15) is 5.26 Å². The minimum absolute atomic E-state index is 0.164. The fourth-order valence-corrected chi connectivity index (χ4v) is 6.21. The molecule has 1 atom stereocenters. The number of rotatable bonds is 8. The zero-order valence-corrected chi connectivity index (χ0v) is 21.3. The highest BCUT2D eigenvalue weighted by Crippen LogP contribution is 2.40. The van der Waals surface area contributed by atoms with Crippen molar-refractivity contribution in [1.29, 1.82) is 5.26 Å². The van der Waals surface area contributed by atoms with Crippen LogP contribution in [0.25, 0.3) is 11.4 Å². The molecule has 1 unspecified atom stereocenters. The topological polar surface area (TPSA) is 102 Å². The number of fused-ring (bicyclic) bond motifs is 1. The number of anilines is 1. The normalized spacial score (nSPS) is 14.9. The lowest BCUT2D eigenvalue weighted by atomic mass is 9.86. The average Bonchev–Trinajstić information content (AvgIpc) is 3.40. The van der Waals surface area contributed by atoms with Crippen LogP contribution in [0.4, 0.5) is 5.00 Å². The predicted octanol–water partition coefficient (Wildman–Crippen LogP) is 4.68. The molecule has 1 aliphatic rings. The number of nitrogens with one attached hydrogen (secondary N) is 1. The average molecular weight is 498 g/mol. The Hall–Kier alpha value is -3.03. The molecule has 0 bridgehead atoms. The van der Waals surface area contributed by atoms with E-state index >= 15 is 0 Å². The molecular formula is C24H27N5O3S2. The van der Waals surface area contributed by atoms with Gasteiger partial charge in [0.05, 0.1) is 25.5 Å². The van der Waals surface area contributed by atoms with E-state index < -0.39 is 0 Å². The Bertz CT molecular complexity index is 1240. The van der Waals surface area contributed by atoms with E-state index in [0.717, 1.165) is 36.8 Å². The van der Waals surface area contributed by atoms with Crippen LogP contribution < -0.4 is 14.8 Å². The third kappa shape index (κ3) is 4.76. The van der Waals surface area contributed by atoms with Crippen molar-refractivity contribution >= 4 is 34.0 Å². The molecule has 2 heterocycles. The number of hydrogen-bond donors (Lipinski definition) is 1. The highest BCUT2D eigenvalue weighted by atomic mass is 32.2. The van der Waals surface area contributed by atoms with E-state index in [1.165, 1.54) is 16.6 Å². The van der Waals surface area contributed by atoms with Gasteiger partial charge < -0.3 is 19.4 Å². The van der Waals surface area contributed by atoms with Crippen LogP contribution in [-0.2, 0) is 24.7 Å². The first-order valence-corrected chi connectivity index (χ1v) is 12.9. The Morgan fingerprint density at radius 3 is 2.82 bits per heavy atom. The molecule has 0 aliphatic heterocycles. The minimum atomic E-state index is -0.164. The van der Waals surface area contributed by atoms with Crippen LogP contribution in [0.15, 0.2) is 23.4 Å².